The number of aliphatic carboxylic acids is 1. The van der Waals surface area contributed by atoms with Crippen molar-refractivity contribution in [3.63, 3.8) is 0 Å². The molecule has 0 heterocycles. The van der Waals surface area contributed by atoms with E-state index < -0.39 is 68.7 Å². The van der Waals surface area contributed by atoms with Gasteiger partial charge in [-0.05, 0) is 12.1 Å². The van der Waals surface area contributed by atoms with Crippen molar-refractivity contribution in [1.82, 2.24) is 0 Å². The molecule has 0 amide bonds. The van der Waals surface area contributed by atoms with Gasteiger partial charge in [0.1, 0.15) is 0 Å². The van der Waals surface area contributed by atoms with Crippen LogP contribution in [0.15, 0.2) is 36.4 Å². The molecule has 0 radical (unpaired) electrons. The van der Waals surface area contributed by atoms with Crippen molar-refractivity contribution in [3.05, 3.63) is 79.4 Å². The second kappa shape index (κ2) is 11.8. The molecule has 0 spiro atoms. The van der Waals surface area contributed by atoms with E-state index in [-0.39, 0.29) is 5.56 Å². The number of carboxylic acids is 1. The number of rotatable bonds is 7. The molecule has 2 aromatic carbocycles. The number of benzene rings is 2. The predicted molar refractivity (Wildman–Crippen MR) is 104 cm³/mol. The average Bonchev–Trinajstić information content (AvgIpc) is 2.73. The lowest BCUT2D eigenvalue weighted by molar-refractivity contribution is -0.388. The number of esters is 2. The summed E-state index contributed by atoms with van der Waals surface area (Å²) in [6.07, 6.45) is -0.561. The molecule has 14 heteroatoms. The number of carbonyl (C=O) groups excluding carboxylic acids is 2. The first-order chi connectivity index (χ1) is 15.5. The predicted octanol–water partition coefficient (Wildman–Crippen LogP) is 2.52. The average molecular weight is 470 g/mol. The Bertz CT molecular complexity index is 1070. The van der Waals surface area contributed by atoms with Gasteiger partial charge in [0.2, 0.25) is 11.6 Å². The molecule has 0 unspecified atom stereocenters. The van der Waals surface area contributed by atoms with Gasteiger partial charge in [0.15, 0.2) is 5.92 Å². The van der Waals surface area contributed by atoms with Crippen molar-refractivity contribution < 1.29 is 47.6 Å². The molecule has 0 atom stereocenters. The molecule has 2 rings (SSSR count). The highest BCUT2D eigenvalue weighted by atomic mass is 19.1. The van der Waals surface area contributed by atoms with Gasteiger partial charge in [-0.1, -0.05) is 24.3 Å². The van der Waals surface area contributed by atoms with E-state index in [0.29, 0.717) is 0 Å². The summed E-state index contributed by atoms with van der Waals surface area (Å²) in [7, 11) is 2.01. The van der Waals surface area contributed by atoms with E-state index in [2.05, 4.69) is 9.47 Å². The summed E-state index contributed by atoms with van der Waals surface area (Å²) in [6.45, 7) is 0. The Hall–Kier alpha value is -4.49. The molecule has 0 aliphatic carbocycles. The molecular formula is C19H16F2N2O10. The second-order valence-corrected chi connectivity index (χ2v) is 5.99. The van der Waals surface area contributed by atoms with E-state index in [4.69, 9.17) is 5.11 Å². The number of nitro groups is 2. The highest BCUT2D eigenvalue weighted by Gasteiger charge is 2.37. The summed E-state index contributed by atoms with van der Waals surface area (Å²) in [5.74, 6) is -7.25. The number of nitrogens with zero attached hydrogens (tertiary/aromatic N) is 2. The molecule has 0 aliphatic rings. The maximum absolute atomic E-state index is 13.5. The third-order valence-electron chi connectivity index (χ3n) is 3.98. The zero-order valence-electron chi connectivity index (χ0n) is 17.0. The third-order valence-corrected chi connectivity index (χ3v) is 3.98. The van der Waals surface area contributed by atoms with Gasteiger partial charge in [-0.15, -0.1) is 0 Å². The van der Waals surface area contributed by atoms with Gasteiger partial charge in [-0.25, -0.2) is 0 Å². The molecule has 0 fully saturated rings. The van der Waals surface area contributed by atoms with E-state index in [1.54, 1.807) is 0 Å². The summed E-state index contributed by atoms with van der Waals surface area (Å²) >= 11 is 0. The topological polar surface area (TPSA) is 176 Å². The Balaban J connectivity index is 0.000000346. The van der Waals surface area contributed by atoms with Crippen molar-refractivity contribution >= 4 is 29.3 Å². The third kappa shape index (κ3) is 6.75. The SMILES string of the molecule is COC(=O)C(C(=O)OC)c1cccc(F)c1[N+](=O)[O-].O=C(O)Cc1cccc(F)c1[N+](=O)[O-]. The standard InChI is InChI=1S/C11H10FNO6.C8H6FNO4/c1-18-10(14)8(11(15)19-2)6-4-3-5-7(12)9(6)13(16)17;9-6-3-1-2-5(4-7(11)12)8(6)10(13)14/h3-5,8H,1-2H3;1-3H,4H2,(H,11,12). The van der Waals surface area contributed by atoms with E-state index in [1.165, 1.54) is 12.1 Å². The smallest absolute Gasteiger partial charge is 0.324 e. The molecule has 0 saturated carbocycles. The lowest BCUT2D eigenvalue weighted by atomic mass is 9.97. The molecule has 2 aromatic rings. The number of carboxylic acid groups (broad SMARTS) is 1. The minimum Gasteiger partial charge on any atom is -0.481 e. The number of ether oxygens (including phenoxy) is 2. The number of methoxy groups -OCH3 is 2. The van der Waals surface area contributed by atoms with Gasteiger partial charge in [0.25, 0.3) is 0 Å². The lowest BCUT2D eigenvalue weighted by Crippen LogP contribution is -2.25. The Morgan fingerprint density at radius 3 is 1.79 bits per heavy atom. The largest absolute Gasteiger partial charge is 0.481 e. The quantitative estimate of drug-likeness (QED) is 0.274. The normalized spacial score (nSPS) is 9.97. The minimum absolute atomic E-state index is 0.137. The molecule has 176 valence electrons. The van der Waals surface area contributed by atoms with E-state index >= 15 is 0 Å². The lowest BCUT2D eigenvalue weighted by Gasteiger charge is -2.12. The number of carbonyl (C=O) groups is 3. The molecule has 0 saturated heterocycles. The maximum Gasteiger partial charge on any atom is 0.324 e. The monoisotopic (exact) mass is 470 g/mol. The second-order valence-electron chi connectivity index (χ2n) is 5.99. The zero-order chi connectivity index (χ0) is 25.3. The molecule has 12 nitrogen and oxygen atoms in total. The van der Waals surface area contributed by atoms with Crippen molar-refractivity contribution in [2.45, 2.75) is 12.3 Å². The fraction of sp³-hybridized carbons (Fsp3) is 0.211. The van der Waals surface area contributed by atoms with Crippen molar-refractivity contribution in [2.24, 2.45) is 0 Å². The van der Waals surface area contributed by atoms with Gasteiger partial charge in [-0.2, -0.15) is 8.78 Å². The van der Waals surface area contributed by atoms with Gasteiger partial charge < -0.3 is 14.6 Å². The van der Waals surface area contributed by atoms with Crippen LogP contribution in [0.3, 0.4) is 0 Å². The summed E-state index contributed by atoms with van der Waals surface area (Å²) in [4.78, 5) is 52.7. The number of halogens is 2. The summed E-state index contributed by atoms with van der Waals surface area (Å²) < 4.78 is 35.1. The van der Waals surface area contributed by atoms with E-state index in [0.717, 1.165) is 38.5 Å². The van der Waals surface area contributed by atoms with Gasteiger partial charge in [-0.3, -0.25) is 34.6 Å². The Morgan fingerprint density at radius 2 is 1.36 bits per heavy atom. The zero-order valence-corrected chi connectivity index (χ0v) is 17.0. The maximum atomic E-state index is 13.5. The number of nitro benzene ring substituents is 2. The molecular weight excluding hydrogens is 454 g/mol. The van der Waals surface area contributed by atoms with Crippen molar-refractivity contribution in [1.29, 1.82) is 0 Å². The highest BCUT2D eigenvalue weighted by Crippen LogP contribution is 2.31. The molecule has 33 heavy (non-hydrogen) atoms. The van der Waals surface area contributed by atoms with Crippen LogP contribution >= 0.6 is 0 Å². The molecule has 0 bridgehead atoms. The van der Waals surface area contributed by atoms with Gasteiger partial charge in [0, 0.05) is 5.56 Å². The molecule has 1 N–H and O–H groups in total. The van der Waals surface area contributed by atoms with Crippen LogP contribution in [-0.2, 0) is 30.3 Å². The first kappa shape index (κ1) is 26.5. The van der Waals surface area contributed by atoms with Crippen LogP contribution < -0.4 is 0 Å². The van der Waals surface area contributed by atoms with Crippen molar-refractivity contribution in [2.75, 3.05) is 14.2 Å². The summed E-state index contributed by atoms with van der Waals surface area (Å²) in [6, 6.07) is 6.48. The van der Waals surface area contributed by atoms with Crippen molar-refractivity contribution in [3.8, 4) is 0 Å². The number of hydrogen-bond donors (Lipinski definition) is 1. The van der Waals surface area contributed by atoms with E-state index in [9.17, 15) is 43.4 Å². The highest BCUT2D eigenvalue weighted by molar-refractivity contribution is 6.01. The number of para-hydroxylation sites is 2. The van der Waals surface area contributed by atoms with Gasteiger partial charge in [0.05, 0.1) is 36.1 Å². The first-order valence-electron chi connectivity index (χ1n) is 8.68. The molecule has 0 aliphatic heterocycles. The van der Waals surface area contributed by atoms with Crippen LogP contribution in [0.1, 0.15) is 17.0 Å². The number of hydrogen-bond acceptors (Lipinski definition) is 9. The Morgan fingerprint density at radius 1 is 0.909 bits per heavy atom. The van der Waals surface area contributed by atoms with Crippen LogP contribution in [0.4, 0.5) is 20.2 Å². The van der Waals surface area contributed by atoms with Crippen LogP contribution in [0.5, 0.6) is 0 Å². The van der Waals surface area contributed by atoms with Crippen LogP contribution in [0.25, 0.3) is 0 Å². The fourth-order valence-electron chi connectivity index (χ4n) is 2.61. The van der Waals surface area contributed by atoms with Crippen LogP contribution in [0, 0.1) is 31.9 Å². The molecule has 0 aromatic heterocycles. The minimum atomic E-state index is -1.70. The Labute approximate surface area is 183 Å². The van der Waals surface area contributed by atoms with Gasteiger partial charge >= 0.3 is 29.3 Å². The fourth-order valence-corrected chi connectivity index (χ4v) is 2.61. The first-order valence-corrected chi connectivity index (χ1v) is 8.68. The summed E-state index contributed by atoms with van der Waals surface area (Å²) in [5.41, 5.74) is -2.27. The van der Waals surface area contributed by atoms with E-state index in [1.807, 2.05) is 0 Å². The summed E-state index contributed by atoms with van der Waals surface area (Å²) in [5, 5.41) is 29.6. The van der Waals surface area contributed by atoms with Crippen LogP contribution in [0.2, 0.25) is 0 Å². The van der Waals surface area contributed by atoms with Crippen LogP contribution in [-0.4, -0.2) is 47.1 Å². The Kier molecular flexibility index (Phi) is 9.48.